The molecule has 2 aromatic carbocycles. The lowest BCUT2D eigenvalue weighted by atomic mass is 10.1. The molecule has 0 radical (unpaired) electrons. The van der Waals surface area contributed by atoms with Crippen LogP contribution < -0.4 is 19.9 Å². The molecule has 0 atom stereocenters. The van der Waals surface area contributed by atoms with Crippen LogP contribution in [0.2, 0.25) is 0 Å². The van der Waals surface area contributed by atoms with Crippen molar-refractivity contribution in [1.82, 2.24) is 0 Å². The van der Waals surface area contributed by atoms with Gasteiger partial charge in [-0.2, -0.15) is 0 Å². The second kappa shape index (κ2) is 5.93. The first-order chi connectivity index (χ1) is 10.3. The van der Waals surface area contributed by atoms with Crippen molar-refractivity contribution in [3.63, 3.8) is 0 Å². The van der Waals surface area contributed by atoms with Gasteiger partial charge in [0.2, 0.25) is 6.79 Å². The predicted octanol–water partition coefficient (Wildman–Crippen LogP) is 2.20. The average molecular weight is 287 g/mol. The van der Waals surface area contributed by atoms with E-state index in [-0.39, 0.29) is 12.5 Å². The lowest BCUT2D eigenvalue weighted by Gasteiger charge is -2.12. The zero-order chi connectivity index (χ0) is 14.7. The van der Waals surface area contributed by atoms with Gasteiger partial charge < -0.3 is 25.1 Å². The monoisotopic (exact) mass is 287 g/mol. The lowest BCUT2D eigenvalue weighted by molar-refractivity contribution is 0.173. The second-order valence-corrected chi connectivity index (χ2v) is 4.81. The van der Waals surface area contributed by atoms with Crippen LogP contribution in [0, 0.1) is 0 Å². The fourth-order valence-electron chi connectivity index (χ4n) is 2.20. The van der Waals surface area contributed by atoms with Crippen molar-refractivity contribution < 1.29 is 19.3 Å². The maximum Gasteiger partial charge on any atom is 0.231 e. The molecule has 21 heavy (non-hydrogen) atoms. The van der Waals surface area contributed by atoms with Gasteiger partial charge in [-0.25, -0.2) is 0 Å². The third kappa shape index (κ3) is 3.03. The fourth-order valence-corrected chi connectivity index (χ4v) is 2.20. The standard InChI is InChI=1S/C16H17NO4/c17-6-5-12-7-15-16(21-10-20-15)8-14(12)19-9-11-1-3-13(18)4-2-11/h1-4,7-8,18H,5-6,9-10,17H2. The van der Waals surface area contributed by atoms with E-state index < -0.39 is 0 Å². The van der Waals surface area contributed by atoms with Crippen LogP contribution in [-0.2, 0) is 13.0 Å². The maximum atomic E-state index is 9.28. The van der Waals surface area contributed by atoms with Gasteiger partial charge in [0.1, 0.15) is 18.1 Å². The van der Waals surface area contributed by atoms with Crippen molar-refractivity contribution in [2.75, 3.05) is 13.3 Å². The predicted molar refractivity (Wildman–Crippen MR) is 77.8 cm³/mol. The van der Waals surface area contributed by atoms with Gasteiger partial charge in [-0.05, 0) is 42.3 Å². The van der Waals surface area contributed by atoms with E-state index in [9.17, 15) is 5.11 Å². The highest BCUT2D eigenvalue weighted by atomic mass is 16.7. The van der Waals surface area contributed by atoms with E-state index in [4.69, 9.17) is 19.9 Å². The molecule has 0 fully saturated rings. The highest BCUT2D eigenvalue weighted by Crippen LogP contribution is 2.38. The van der Waals surface area contributed by atoms with Crippen molar-refractivity contribution in [3.8, 4) is 23.0 Å². The Labute approximate surface area is 122 Å². The molecule has 0 amide bonds. The molecular formula is C16H17NO4. The molecule has 3 rings (SSSR count). The summed E-state index contributed by atoms with van der Waals surface area (Å²) in [5.41, 5.74) is 7.62. The summed E-state index contributed by atoms with van der Waals surface area (Å²) >= 11 is 0. The molecule has 0 bridgehead atoms. The molecule has 0 spiro atoms. The van der Waals surface area contributed by atoms with Crippen LogP contribution in [0.5, 0.6) is 23.0 Å². The molecule has 1 aliphatic heterocycles. The molecule has 110 valence electrons. The number of aromatic hydroxyl groups is 1. The molecule has 0 aliphatic carbocycles. The Bertz CT molecular complexity index is 625. The quantitative estimate of drug-likeness (QED) is 0.882. The number of phenols is 1. The van der Waals surface area contributed by atoms with Crippen molar-refractivity contribution in [2.24, 2.45) is 5.73 Å². The van der Waals surface area contributed by atoms with E-state index >= 15 is 0 Å². The van der Waals surface area contributed by atoms with E-state index in [0.29, 0.717) is 25.3 Å². The Morgan fingerprint density at radius 1 is 1.10 bits per heavy atom. The third-order valence-electron chi connectivity index (χ3n) is 3.30. The molecule has 0 saturated heterocycles. The smallest absolute Gasteiger partial charge is 0.231 e. The summed E-state index contributed by atoms with van der Waals surface area (Å²) in [7, 11) is 0. The largest absolute Gasteiger partial charge is 0.508 e. The van der Waals surface area contributed by atoms with Gasteiger partial charge in [-0.3, -0.25) is 0 Å². The molecule has 0 aromatic heterocycles. The molecule has 3 N–H and O–H groups in total. The van der Waals surface area contributed by atoms with Gasteiger partial charge in [0.15, 0.2) is 11.5 Å². The highest BCUT2D eigenvalue weighted by molar-refractivity contribution is 5.52. The van der Waals surface area contributed by atoms with Crippen LogP contribution in [-0.4, -0.2) is 18.4 Å². The van der Waals surface area contributed by atoms with Crippen molar-refractivity contribution in [2.45, 2.75) is 13.0 Å². The minimum atomic E-state index is 0.235. The number of hydrogen-bond acceptors (Lipinski definition) is 5. The average Bonchev–Trinajstić information content (AvgIpc) is 2.94. The van der Waals surface area contributed by atoms with Gasteiger partial charge >= 0.3 is 0 Å². The minimum Gasteiger partial charge on any atom is -0.508 e. The Morgan fingerprint density at radius 3 is 2.52 bits per heavy atom. The first-order valence-electron chi connectivity index (χ1n) is 6.79. The Kier molecular flexibility index (Phi) is 3.83. The normalized spacial score (nSPS) is 12.4. The van der Waals surface area contributed by atoms with Gasteiger partial charge in [0.25, 0.3) is 0 Å². The number of phenolic OH excluding ortho intramolecular Hbond substituents is 1. The van der Waals surface area contributed by atoms with Crippen molar-refractivity contribution in [1.29, 1.82) is 0 Å². The Morgan fingerprint density at radius 2 is 1.81 bits per heavy atom. The lowest BCUT2D eigenvalue weighted by Crippen LogP contribution is -2.05. The summed E-state index contributed by atoms with van der Waals surface area (Å²) in [5, 5.41) is 9.28. The first kappa shape index (κ1) is 13.6. The summed E-state index contributed by atoms with van der Waals surface area (Å²) in [6.07, 6.45) is 0.710. The van der Waals surface area contributed by atoms with Gasteiger partial charge in [0.05, 0.1) is 0 Å². The number of hydrogen-bond donors (Lipinski definition) is 2. The summed E-state index contributed by atoms with van der Waals surface area (Å²) in [4.78, 5) is 0. The Hall–Kier alpha value is -2.40. The first-order valence-corrected chi connectivity index (χ1v) is 6.79. The van der Waals surface area contributed by atoms with E-state index in [1.165, 1.54) is 0 Å². The molecule has 0 unspecified atom stereocenters. The SMILES string of the molecule is NCCc1cc2c(cc1OCc1ccc(O)cc1)OCO2. The van der Waals surface area contributed by atoms with Crippen molar-refractivity contribution in [3.05, 3.63) is 47.5 Å². The third-order valence-corrected chi connectivity index (χ3v) is 3.30. The number of rotatable bonds is 5. The topological polar surface area (TPSA) is 73.9 Å². The summed E-state index contributed by atoms with van der Waals surface area (Å²) < 4.78 is 16.6. The van der Waals surface area contributed by atoms with E-state index in [2.05, 4.69) is 0 Å². The van der Waals surface area contributed by atoms with Crippen LogP contribution in [0.3, 0.4) is 0 Å². The highest BCUT2D eigenvalue weighted by Gasteiger charge is 2.17. The molecule has 0 saturated carbocycles. The summed E-state index contributed by atoms with van der Waals surface area (Å²) in [6.45, 7) is 1.19. The number of ether oxygens (including phenoxy) is 3. The fraction of sp³-hybridized carbons (Fsp3) is 0.250. The van der Waals surface area contributed by atoms with Gasteiger partial charge in [-0.1, -0.05) is 12.1 Å². The van der Waals surface area contributed by atoms with Crippen LogP contribution in [0.15, 0.2) is 36.4 Å². The van der Waals surface area contributed by atoms with Crippen LogP contribution in [0.25, 0.3) is 0 Å². The summed E-state index contributed by atoms with van der Waals surface area (Å²) in [5.74, 6) is 2.41. The maximum absolute atomic E-state index is 9.28. The van der Waals surface area contributed by atoms with E-state index in [1.54, 1.807) is 12.1 Å². The van der Waals surface area contributed by atoms with Crippen LogP contribution >= 0.6 is 0 Å². The molecule has 1 heterocycles. The van der Waals surface area contributed by atoms with E-state index in [1.807, 2.05) is 24.3 Å². The second-order valence-electron chi connectivity index (χ2n) is 4.81. The minimum absolute atomic E-state index is 0.235. The Balaban J connectivity index is 1.78. The number of benzene rings is 2. The summed E-state index contributed by atoms with van der Waals surface area (Å²) in [6, 6.07) is 10.7. The molecule has 5 heteroatoms. The number of nitrogens with two attached hydrogens (primary N) is 1. The molecule has 5 nitrogen and oxygen atoms in total. The van der Waals surface area contributed by atoms with Gasteiger partial charge in [0, 0.05) is 6.07 Å². The van der Waals surface area contributed by atoms with Crippen molar-refractivity contribution >= 4 is 0 Å². The molecule has 1 aliphatic rings. The van der Waals surface area contributed by atoms with Gasteiger partial charge in [-0.15, -0.1) is 0 Å². The van der Waals surface area contributed by atoms with Crippen LogP contribution in [0.1, 0.15) is 11.1 Å². The zero-order valence-electron chi connectivity index (χ0n) is 11.5. The van der Waals surface area contributed by atoms with E-state index in [0.717, 1.165) is 22.6 Å². The zero-order valence-corrected chi connectivity index (χ0v) is 11.5. The van der Waals surface area contributed by atoms with Crippen LogP contribution in [0.4, 0.5) is 0 Å². The molecule has 2 aromatic rings. The number of fused-ring (bicyclic) bond motifs is 1. The molecular weight excluding hydrogens is 270 g/mol.